The number of benzene rings is 4. The van der Waals surface area contributed by atoms with Crippen LogP contribution in [0.25, 0.3) is 33.7 Å². The van der Waals surface area contributed by atoms with E-state index >= 15 is 0 Å². The van der Waals surface area contributed by atoms with Crippen LogP contribution in [0.4, 0.5) is 8.78 Å². The molecule has 0 saturated carbocycles. The summed E-state index contributed by atoms with van der Waals surface area (Å²) >= 11 is 3.54. The molecule has 0 radical (unpaired) electrons. The van der Waals surface area contributed by atoms with Crippen LogP contribution in [0.15, 0.2) is 65.1 Å². The van der Waals surface area contributed by atoms with Crippen LogP contribution in [-0.4, -0.2) is 6.10 Å². The topological polar surface area (TPSA) is 9.23 Å². The van der Waals surface area contributed by atoms with Gasteiger partial charge in [0.25, 0.3) is 0 Å². The van der Waals surface area contributed by atoms with Crippen molar-refractivity contribution in [1.82, 2.24) is 0 Å². The zero-order valence-corrected chi connectivity index (χ0v) is 17.6. The average molecular weight is 453 g/mol. The maximum absolute atomic E-state index is 14.8. The van der Waals surface area contributed by atoms with E-state index in [1.54, 1.807) is 24.3 Å². The van der Waals surface area contributed by atoms with E-state index in [0.29, 0.717) is 11.1 Å². The summed E-state index contributed by atoms with van der Waals surface area (Å²) in [6.45, 7) is 3.90. The molecule has 0 heterocycles. The Morgan fingerprint density at radius 1 is 0.793 bits per heavy atom. The summed E-state index contributed by atoms with van der Waals surface area (Å²) in [5.74, 6) is -0.975. The van der Waals surface area contributed by atoms with E-state index in [-0.39, 0.29) is 17.1 Å². The van der Waals surface area contributed by atoms with Gasteiger partial charge in [-0.05, 0) is 63.6 Å². The van der Waals surface area contributed by atoms with Crippen LogP contribution in [0.5, 0.6) is 5.75 Å². The molecule has 0 aliphatic heterocycles. The Morgan fingerprint density at radius 3 is 2.34 bits per heavy atom. The summed E-state index contributed by atoms with van der Waals surface area (Å²) < 4.78 is 36.0. The number of hydrogen-bond acceptors (Lipinski definition) is 1. The first-order valence-corrected chi connectivity index (χ1v) is 10.2. The Labute approximate surface area is 176 Å². The second-order valence-corrected chi connectivity index (χ2v) is 7.93. The Morgan fingerprint density at radius 2 is 1.55 bits per heavy atom. The van der Waals surface area contributed by atoms with Crippen molar-refractivity contribution in [3.63, 3.8) is 0 Å². The van der Waals surface area contributed by atoms with Gasteiger partial charge in [0.2, 0.25) is 0 Å². The monoisotopic (exact) mass is 452 g/mol. The molecular weight excluding hydrogens is 434 g/mol. The van der Waals surface area contributed by atoms with Gasteiger partial charge in [-0.25, -0.2) is 8.78 Å². The molecule has 0 amide bonds. The molecule has 0 N–H and O–H groups in total. The second-order valence-electron chi connectivity index (χ2n) is 7.13. The fourth-order valence-corrected chi connectivity index (χ4v) is 3.90. The summed E-state index contributed by atoms with van der Waals surface area (Å²) in [6.07, 6.45) is 3.39. The predicted molar refractivity (Wildman–Crippen MR) is 120 cm³/mol. The van der Waals surface area contributed by atoms with E-state index in [0.717, 1.165) is 20.8 Å². The van der Waals surface area contributed by atoms with E-state index in [1.165, 1.54) is 0 Å². The minimum absolute atomic E-state index is 0.0332. The fraction of sp³-hybridized carbons (Fsp3) is 0.120. The van der Waals surface area contributed by atoms with E-state index < -0.39 is 11.6 Å². The van der Waals surface area contributed by atoms with E-state index in [9.17, 15) is 8.78 Å². The molecule has 4 aromatic rings. The highest BCUT2D eigenvalue weighted by molar-refractivity contribution is 9.10. The average Bonchev–Trinajstić information content (AvgIpc) is 2.71. The van der Waals surface area contributed by atoms with Crippen LogP contribution in [0.1, 0.15) is 25.0 Å². The number of hydrogen-bond donors (Lipinski definition) is 0. The molecule has 0 aliphatic carbocycles. The molecule has 4 rings (SSSR count). The van der Waals surface area contributed by atoms with Gasteiger partial charge in [0.1, 0.15) is 5.75 Å². The van der Waals surface area contributed by atoms with Gasteiger partial charge >= 0.3 is 0 Å². The molecule has 0 spiro atoms. The first kappa shape index (κ1) is 19.6. The van der Waals surface area contributed by atoms with Crippen LogP contribution in [0.2, 0.25) is 0 Å². The third kappa shape index (κ3) is 3.77. The van der Waals surface area contributed by atoms with Gasteiger partial charge in [0, 0.05) is 10.9 Å². The maximum Gasteiger partial charge on any atom is 0.167 e. The number of rotatable bonds is 4. The lowest BCUT2D eigenvalue weighted by atomic mass is 9.98. The van der Waals surface area contributed by atoms with Crippen molar-refractivity contribution in [2.45, 2.75) is 20.0 Å². The van der Waals surface area contributed by atoms with Gasteiger partial charge in [-0.3, -0.25) is 0 Å². The third-order valence-electron chi connectivity index (χ3n) is 4.75. The Kier molecular flexibility index (Phi) is 5.37. The summed E-state index contributed by atoms with van der Waals surface area (Å²) in [5.41, 5.74) is 1.02. The third-order valence-corrected chi connectivity index (χ3v) is 5.60. The lowest BCUT2D eigenvalue weighted by molar-refractivity contribution is 0.241. The highest BCUT2D eigenvalue weighted by Gasteiger charge is 2.14. The van der Waals surface area contributed by atoms with Crippen LogP contribution in [0, 0.1) is 11.6 Å². The van der Waals surface area contributed by atoms with E-state index in [2.05, 4.69) is 15.9 Å². The van der Waals surface area contributed by atoms with Gasteiger partial charge in [-0.2, -0.15) is 0 Å². The van der Waals surface area contributed by atoms with Crippen molar-refractivity contribution in [3.05, 3.63) is 87.9 Å². The normalized spacial score (nSPS) is 11.8. The van der Waals surface area contributed by atoms with Crippen molar-refractivity contribution in [2.75, 3.05) is 0 Å². The first-order chi connectivity index (χ1) is 14.0. The fourth-order valence-electron chi connectivity index (χ4n) is 3.41. The van der Waals surface area contributed by atoms with Crippen molar-refractivity contribution in [3.8, 4) is 5.75 Å². The smallest absolute Gasteiger partial charge is 0.167 e. The molecule has 1 nitrogen and oxygen atoms in total. The minimum atomic E-state index is -0.852. The molecule has 0 bridgehead atoms. The van der Waals surface area contributed by atoms with Crippen molar-refractivity contribution in [1.29, 1.82) is 0 Å². The van der Waals surface area contributed by atoms with Crippen molar-refractivity contribution >= 4 is 49.6 Å². The highest BCUT2D eigenvalue weighted by atomic mass is 79.9. The number of halogens is 3. The summed E-state index contributed by atoms with van der Waals surface area (Å²) in [5, 5.41) is 2.86. The maximum atomic E-state index is 14.8. The highest BCUT2D eigenvalue weighted by Crippen LogP contribution is 2.33. The Hall–Kier alpha value is -2.72. The number of fused-ring (bicyclic) bond motifs is 3. The van der Waals surface area contributed by atoms with Gasteiger partial charge in [-0.15, -0.1) is 0 Å². The summed E-state index contributed by atoms with van der Waals surface area (Å²) in [4.78, 5) is 0. The molecule has 0 unspecified atom stereocenters. The van der Waals surface area contributed by atoms with Crippen LogP contribution in [0.3, 0.4) is 0 Å². The summed E-state index contributed by atoms with van der Waals surface area (Å²) in [6, 6.07) is 18.5. The Balaban J connectivity index is 1.83. The van der Waals surface area contributed by atoms with Crippen molar-refractivity contribution < 1.29 is 13.5 Å². The molecular formula is C25H19BrF2O. The van der Waals surface area contributed by atoms with Gasteiger partial charge in [0.15, 0.2) is 11.6 Å². The Bertz CT molecular complexity index is 1240. The summed E-state index contributed by atoms with van der Waals surface area (Å²) in [7, 11) is 0. The molecule has 146 valence electrons. The molecule has 0 saturated heterocycles. The lowest BCUT2D eigenvalue weighted by Gasteiger charge is -2.12. The largest absolute Gasteiger partial charge is 0.490 e. The zero-order chi connectivity index (χ0) is 20.5. The predicted octanol–water partition coefficient (Wildman–Crippen LogP) is 7.99. The molecule has 4 heteroatoms. The van der Waals surface area contributed by atoms with Gasteiger partial charge < -0.3 is 4.74 Å². The van der Waals surface area contributed by atoms with Gasteiger partial charge in [-0.1, -0.05) is 60.7 Å². The van der Waals surface area contributed by atoms with E-state index in [4.69, 9.17) is 4.74 Å². The SMILES string of the molecule is CC(C)Oc1cccc(/C=C\c2cc3c(ccc4ccccc43)c(F)c2F)c1Br. The first-order valence-electron chi connectivity index (χ1n) is 9.38. The minimum Gasteiger partial charge on any atom is -0.490 e. The van der Waals surface area contributed by atoms with Crippen molar-refractivity contribution in [2.24, 2.45) is 0 Å². The van der Waals surface area contributed by atoms with Crippen LogP contribution in [-0.2, 0) is 0 Å². The molecule has 29 heavy (non-hydrogen) atoms. The van der Waals surface area contributed by atoms with Gasteiger partial charge in [0.05, 0.1) is 10.6 Å². The molecule has 0 fully saturated rings. The van der Waals surface area contributed by atoms with E-state index in [1.807, 2.05) is 62.4 Å². The van der Waals surface area contributed by atoms with Crippen LogP contribution >= 0.6 is 15.9 Å². The molecule has 0 aliphatic rings. The molecule has 4 aromatic carbocycles. The second kappa shape index (κ2) is 7.96. The zero-order valence-electron chi connectivity index (χ0n) is 16.0. The quantitative estimate of drug-likeness (QED) is 0.225. The van der Waals surface area contributed by atoms with Crippen LogP contribution < -0.4 is 4.74 Å². The lowest BCUT2D eigenvalue weighted by Crippen LogP contribution is -2.06. The standard InChI is InChI=1S/C25H19BrF2O/c1-15(2)29-22-9-5-7-17(23(22)26)10-11-18-14-21-19-8-4-3-6-16(19)12-13-20(21)25(28)24(18)27/h3-15H,1-2H3/b11-10-. The molecule has 0 aromatic heterocycles. The number of ether oxygens (including phenoxy) is 1. The molecule has 0 atom stereocenters.